The van der Waals surface area contributed by atoms with Crippen molar-refractivity contribution in [2.75, 3.05) is 7.11 Å². The zero-order valence-electron chi connectivity index (χ0n) is 15.6. The second kappa shape index (κ2) is 9.79. The zero-order valence-corrected chi connectivity index (χ0v) is 16.4. The molecule has 7 nitrogen and oxygen atoms in total. The van der Waals surface area contributed by atoms with Crippen LogP contribution < -0.4 is 10.1 Å². The lowest BCUT2D eigenvalue weighted by atomic mass is 10.2. The lowest BCUT2D eigenvalue weighted by molar-refractivity contribution is -0.135. The molecule has 0 aliphatic carbocycles. The SMILES string of the molecule is COC(=O)/C=C1/S/C(=N\N=Cc2cccc(OCc3cc(F)cc(F)c3)c2)NC1=O. The number of ether oxygens (including phenoxy) is 2. The van der Waals surface area contributed by atoms with Crippen molar-refractivity contribution >= 4 is 35.0 Å². The van der Waals surface area contributed by atoms with E-state index < -0.39 is 23.5 Å². The molecule has 154 valence electrons. The van der Waals surface area contributed by atoms with E-state index >= 15 is 0 Å². The molecule has 1 heterocycles. The number of esters is 1. The van der Waals surface area contributed by atoms with Gasteiger partial charge in [0.1, 0.15) is 24.0 Å². The predicted molar refractivity (Wildman–Crippen MR) is 108 cm³/mol. The highest BCUT2D eigenvalue weighted by Gasteiger charge is 2.24. The third kappa shape index (κ3) is 5.98. The Morgan fingerprint density at radius 1 is 1.20 bits per heavy atom. The molecule has 0 spiro atoms. The fourth-order valence-electron chi connectivity index (χ4n) is 2.33. The van der Waals surface area contributed by atoms with Gasteiger partial charge in [-0.05, 0) is 47.2 Å². The first-order valence-electron chi connectivity index (χ1n) is 8.50. The van der Waals surface area contributed by atoms with Crippen LogP contribution in [0, 0.1) is 11.6 Å². The number of carbonyl (C=O) groups is 2. The minimum absolute atomic E-state index is 0.00441. The molecular weight excluding hydrogens is 416 g/mol. The number of nitrogens with zero attached hydrogens (tertiary/aromatic N) is 2. The van der Waals surface area contributed by atoms with Gasteiger partial charge in [-0.2, -0.15) is 5.10 Å². The Hall–Kier alpha value is -3.53. The Kier molecular flexibility index (Phi) is 6.91. The van der Waals surface area contributed by atoms with E-state index in [1.807, 2.05) is 0 Å². The second-order valence-corrected chi connectivity index (χ2v) is 6.91. The number of benzene rings is 2. The first kappa shape index (κ1) is 21.2. The minimum Gasteiger partial charge on any atom is -0.489 e. The van der Waals surface area contributed by atoms with Crippen LogP contribution in [0.1, 0.15) is 11.1 Å². The molecule has 0 atom stereocenters. The van der Waals surface area contributed by atoms with Crippen molar-refractivity contribution in [2.24, 2.45) is 10.2 Å². The van der Waals surface area contributed by atoms with E-state index in [2.05, 4.69) is 20.3 Å². The van der Waals surface area contributed by atoms with Gasteiger partial charge in [-0.15, -0.1) is 5.10 Å². The van der Waals surface area contributed by atoms with Crippen molar-refractivity contribution in [3.63, 3.8) is 0 Å². The molecule has 1 saturated heterocycles. The van der Waals surface area contributed by atoms with E-state index in [1.54, 1.807) is 24.3 Å². The van der Waals surface area contributed by atoms with Gasteiger partial charge in [-0.3, -0.25) is 10.1 Å². The number of hydrogen-bond donors (Lipinski definition) is 1. The van der Waals surface area contributed by atoms with Crippen LogP contribution in [0.3, 0.4) is 0 Å². The summed E-state index contributed by atoms with van der Waals surface area (Å²) in [5.41, 5.74) is 1.02. The van der Waals surface area contributed by atoms with Gasteiger partial charge >= 0.3 is 5.97 Å². The maximum Gasteiger partial charge on any atom is 0.331 e. The molecule has 3 rings (SSSR count). The van der Waals surface area contributed by atoms with Crippen LogP contribution >= 0.6 is 11.8 Å². The molecule has 1 amide bonds. The highest BCUT2D eigenvalue weighted by Crippen LogP contribution is 2.23. The Bertz CT molecular complexity index is 1050. The first-order chi connectivity index (χ1) is 14.4. The third-order valence-electron chi connectivity index (χ3n) is 3.64. The van der Waals surface area contributed by atoms with Crippen LogP contribution in [-0.2, 0) is 20.9 Å². The molecule has 0 saturated carbocycles. The number of methoxy groups -OCH3 is 1. The average Bonchev–Trinajstić information content (AvgIpc) is 3.05. The van der Waals surface area contributed by atoms with E-state index in [0.717, 1.165) is 23.9 Å². The number of hydrogen-bond acceptors (Lipinski definition) is 7. The van der Waals surface area contributed by atoms with E-state index in [9.17, 15) is 18.4 Å². The van der Waals surface area contributed by atoms with Gasteiger partial charge in [0.2, 0.25) is 0 Å². The fourth-order valence-corrected chi connectivity index (χ4v) is 3.07. The normalized spacial score (nSPS) is 16.3. The Morgan fingerprint density at radius 3 is 2.70 bits per heavy atom. The highest BCUT2D eigenvalue weighted by molar-refractivity contribution is 8.18. The fraction of sp³-hybridized carbons (Fsp3) is 0.100. The predicted octanol–water partition coefficient (Wildman–Crippen LogP) is 3.15. The summed E-state index contributed by atoms with van der Waals surface area (Å²) in [6.45, 7) is -0.00441. The Morgan fingerprint density at radius 2 is 1.97 bits per heavy atom. The molecule has 0 radical (unpaired) electrons. The van der Waals surface area contributed by atoms with Crippen molar-refractivity contribution < 1.29 is 27.8 Å². The summed E-state index contributed by atoms with van der Waals surface area (Å²) >= 11 is 0.959. The van der Waals surface area contributed by atoms with E-state index in [4.69, 9.17) is 4.74 Å². The summed E-state index contributed by atoms with van der Waals surface area (Å²) in [6.07, 6.45) is 2.51. The van der Waals surface area contributed by atoms with Crippen LogP contribution in [0.5, 0.6) is 5.75 Å². The summed E-state index contributed by atoms with van der Waals surface area (Å²) < 4.78 is 36.5. The number of thioether (sulfide) groups is 1. The third-order valence-corrected chi connectivity index (χ3v) is 4.54. The van der Waals surface area contributed by atoms with E-state index in [-0.39, 0.29) is 16.7 Å². The van der Waals surface area contributed by atoms with Crippen molar-refractivity contribution in [1.82, 2.24) is 5.32 Å². The van der Waals surface area contributed by atoms with Crippen LogP contribution in [0.4, 0.5) is 8.78 Å². The Balaban J connectivity index is 1.61. The van der Waals surface area contributed by atoms with Crippen LogP contribution in [0.25, 0.3) is 0 Å². The molecule has 10 heteroatoms. The lowest BCUT2D eigenvalue weighted by Gasteiger charge is -2.07. The van der Waals surface area contributed by atoms with Gasteiger partial charge in [-0.1, -0.05) is 12.1 Å². The van der Waals surface area contributed by atoms with Gasteiger partial charge in [-0.25, -0.2) is 13.6 Å². The first-order valence-corrected chi connectivity index (χ1v) is 9.32. The monoisotopic (exact) mass is 431 g/mol. The number of amidine groups is 1. The van der Waals surface area contributed by atoms with Crippen LogP contribution in [0.2, 0.25) is 0 Å². The number of amides is 1. The molecular formula is C20H15F2N3O4S. The van der Waals surface area contributed by atoms with Gasteiger partial charge in [0.05, 0.1) is 18.2 Å². The van der Waals surface area contributed by atoms with E-state index in [1.165, 1.54) is 25.5 Å². The summed E-state index contributed by atoms with van der Waals surface area (Å²) in [7, 11) is 1.21. The Labute approximate surface area is 174 Å². The quantitative estimate of drug-likeness (QED) is 0.329. The molecule has 1 aliphatic heterocycles. The molecule has 2 aromatic rings. The van der Waals surface area contributed by atoms with Crippen molar-refractivity contribution in [1.29, 1.82) is 0 Å². The van der Waals surface area contributed by atoms with Crippen LogP contribution in [0.15, 0.2) is 63.6 Å². The lowest BCUT2D eigenvalue weighted by Crippen LogP contribution is -2.19. The zero-order chi connectivity index (χ0) is 21.5. The summed E-state index contributed by atoms with van der Waals surface area (Å²) in [4.78, 5) is 23.1. The number of carbonyl (C=O) groups excluding carboxylic acids is 2. The van der Waals surface area contributed by atoms with Crippen molar-refractivity contribution in [3.05, 3.63) is 76.2 Å². The molecule has 1 aliphatic rings. The van der Waals surface area contributed by atoms with Gasteiger partial charge in [0.25, 0.3) is 5.91 Å². The second-order valence-electron chi connectivity index (χ2n) is 5.88. The molecule has 1 N–H and O–H groups in total. The maximum atomic E-state index is 13.2. The smallest absolute Gasteiger partial charge is 0.331 e. The summed E-state index contributed by atoms with van der Waals surface area (Å²) in [5, 5.41) is 10.5. The largest absolute Gasteiger partial charge is 0.489 e. The molecule has 0 aromatic heterocycles. The molecule has 1 fully saturated rings. The standard InChI is InChI=1S/C20H15F2N3O4S/c1-28-18(26)9-17-19(27)24-20(30-17)25-23-10-12-3-2-4-16(7-12)29-11-13-5-14(21)8-15(22)6-13/h2-10H,11H2,1H3,(H,24,25,27)/b17-9+,23-10?. The molecule has 30 heavy (non-hydrogen) atoms. The number of nitrogens with one attached hydrogen (secondary N) is 1. The number of halogens is 2. The molecule has 0 bridgehead atoms. The van der Waals surface area contributed by atoms with Crippen molar-refractivity contribution in [2.45, 2.75) is 6.61 Å². The van der Waals surface area contributed by atoms with E-state index in [0.29, 0.717) is 16.9 Å². The summed E-state index contributed by atoms with van der Waals surface area (Å²) in [6, 6.07) is 10.0. The van der Waals surface area contributed by atoms with Gasteiger partial charge < -0.3 is 9.47 Å². The maximum absolute atomic E-state index is 13.2. The van der Waals surface area contributed by atoms with Crippen molar-refractivity contribution in [3.8, 4) is 5.75 Å². The summed E-state index contributed by atoms with van der Waals surface area (Å²) in [5.74, 6) is -1.98. The van der Waals surface area contributed by atoms with Gasteiger partial charge in [0.15, 0.2) is 5.17 Å². The molecule has 2 aromatic carbocycles. The topological polar surface area (TPSA) is 89.3 Å². The highest BCUT2D eigenvalue weighted by atomic mass is 32.2. The number of rotatable bonds is 6. The van der Waals surface area contributed by atoms with Crippen LogP contribution in [-0.4, -0.2) is 30.4 Å². The average molecular weight is 431 g/mol. The minimum atomic E-state index is -0.671. The molecule has 0 unspecified atom stereocenters. The van der Waals surface area contributed by atoms with Gasteiger partial charge in [0, 0.05) is 12.1 Å².